The van der Waals surface area contributed by atoms with Gasteiger partial charge in [0, 0.05) is 37.2 Å². The molecule has 0 aliphatic carbocycles. The Hall–Kier alpha value is -2.89. The number of hydrogen-bond donors (Lipinski definition) is 2. The van der Waals surface area contributed by atoms with E-state index < -0.39 is 0 Å². The quantitative estimate of drug-likeness (QED) is 0.766. The van der Waals surface area contributed by atoms with Gasteiger partial charge >= 0.3 is 0 Å². The molecule has 1 atom stereocenters. The molecule has 3 N–H and O–H groups in total. The topological polar surface area (TPSA) is 83.7 Å². The molecule has 0 saturated carbocycles. The molecule has 0 spiro atoms. The summed E-state index contributed by atoms with van der Waals surface area (Å²) in [6.07, 6.45) is 6.68. The van der Waals surface area contributed by atoms with E-state index in [-0.39, 0.29) is 0 Å². The van der Waals surface area contributed by atoms with Crippen LogP contribution in [0.2, 0.25) is 0 Å². The van der Waals surface area contributed by atoms with Crippen LogP contribution in [0, 0.1) is 0 Å². The highest BCUT2D eigenvalue weighted by Crippen LogP contribution is 2.30. The Morgan fingerprint density at radius 1 is 1.20 bits per heavy atom. The molecule has 3 aromatic rings. The third kappa shape index (κ3) is 3.47. The predicted molar refractivity (Wildman–Crippen MR) is 98.5 cm³/mol. The summed E-state index contributed by atoms with van der Waals surface area (Å²) in [5.74, 6) is 1.84. The molecule has 3 heterocycles. The maximum Gasteiger partial charge on any atom is 0.134 e. The van der Waals surface area contributed by atoms with E-state index in [9.17, 15) is 0 Å². The van der Waals surface area contributed by atoms with Crippen LogP contribution in [-0.4, -0.2) is 33.3 Å². The van der Waals surface area contributed by atoms with E-state index in [1.165, 1.54) is 23.1 Å². The van der Waals surface area contributed by atoms with Crippen molar-refractivity contribution >= 4 is 11.6 Å². The summed E-state index contributed by atoms with van der Waals surface area (Å²) < 4.78 is 0. The fourth-order valence-corrected chi connectivity index (χ4v) is 3.59. The van der Waals surface area contributed by atoms with Gasteiger partial charge in [-0.15, -0.1) is 0 Å². The Kier molecular flexibility index (Phi) is 4.33. The van der Waals surface area contributed by atoms with Gasteiger partial charge in [0.2, 0.25) is 0 Å². The van der Waals surface area contributed by atoms with E-state index in [0.29, 0.717) is 11.7 Å². The maximum absolute atomic E-state index is 5.81. The van der Waals surface area contributed by atoms with Crippen molar-refractivity contribution in [1.82, 2.24) is 20.2 Å². The van der Waals surface area contributed by atoms with Crippen LogP contribution in [0.4, 0.5) is 11.6 Å². The van der Waals surface area contributed by atoms with Crippen LogP contribution in [0.15, 0.2) is 48.9 Å². The summed E-state index contributed by atoms with van der Waals surface area (Å²) in [6.45, 7) is 1.91. The number of aromatic amines is 1. The van der Waals surface area contributed by atoms with E-state index in [0.717, 1.165) is 38.2 Å². The predicted octanol–water partition coefficient (Wildman–Crippen LogP) is 2.76. The molecule has 2 aromatic heterocycles. The number of nitrogens with zero attached hydrogens (tertiary/aromatic N) is 4. The number of nitrogens with one attached hydrogen (secondary N) is 1. The molecule has 6 heteroatoms. The molecular formula is C19H22N6. The van der Waals surface area contributed by atoms with E-state index in [2.05, 4.69) is 49.3 Å². The monoisotopic (exact) mass is 334 g/mol. The standard InChI is InChI=1S/C19H22N6/c20-17-10-18(22-13-21-17)25-8-4-7-15(12-25)19-16(11-23-24-19)9-14-5-2-1-3-6-14/h1-3,5-6,10-11,13,15H,4,7-9,12H2,(H,23,24)(H2,20,21,22)/t15-/m1/s1. The van der Waals surface area contributed by atoms with Gasteiger partial charge in [0.15, 0.2) is 0 Å². The molecule has 1 aliphatic rings. The summed E-state index contributed by atoms with van der Waals surface area (Å²) in [7, 11) is 0. The van der Waals surface area contributed by atoms with Crippen molar-refractivity contribution in [1.29, 1.82) is 0 Å². The second-order valence-corrected chi connectivity index (χ2v) is 6.56. The smallest absolute Gasteiger partial charge is 0.134 e. The van der Waals surface area contributed by atoms with Gasteiger partial charge in [-0.1, -0.05) is 30.3 Å². The molecule has 0 amide bonds. The maximum atomic E-state index is 5.81. The van der Waals surface area contributed by atoms with Crippen LogP contribution in [0.3, 0.4) is 0 Å². The van der Waals surface area contributed by atoms with Gasteiger partial charge in [-0.2, -0.15) is 5.10 Å². The van der Waals surface area contributed by atoms with Crippen LogP contribution < -0.4 is 10.6 Å². The number of nitrogen functional groups attached to an aromatic ring is 1. The van der Waals surface area contributed by atoms with Crippen molar-refractivity contribution in [2.45, 2.75) is 25.2 Å². The van der Waals surface area contributed by atoms with Gasteiger partial charge < -0.3 is 10.6 Å². The zero-order chi connectivity index (χ0) is 17.1. The third-order valence-corrected chi connectivity index (χ3v) is 4.82. The minimum atomic E-state index is 0.422. The first-order valence-electron chi connectivity index (χ1n) is 8.68. The van der Waals surface area contributed by atoms with Crippen molar-refractivity contribution in [2.75, 3.05) is 23.7 Å². The molecule has 1 saturated heterocycles. The second kappa shape index (κ2) is 6.93. The summed E-state index contributed by atoms with van der Waals surface area (Å²) in [4.78, 5) is 10.7. The number of aromatic nitrogens is 4. The number of benzene rings is 1. The van der Waals surface area contributed by atoms with Crippen LogP contribution in [0.5, 0.6) is 0 Å². The van der Waals surface area contributed by atoms with E-state index in [4.69, 9.17) is 5.73 Å². The summed E-state index contributed by atoms with van der Waals surface area (Å²) in [5, 5.41) is 7.56. The minimum absolute atomic E-state index is 0.422. The molecule has 0 unspecified atom stereocenters. The Morgan fingerprint density at radius 2 is 2.08 bits per heavy atom. The molecule has 0 bridgehead atoms. The SMILES string of the molecule is Nc1cc(N2CCC[C@@H](c3[nH]ncc3Cc3ccccc3)C2)ncn1. The van der Waals surface area contributed by atoms with Gasteiger partial charge in [-0.05, 0) is 24.0 Å². The fraction of sp³-hybridized carbons (Fsp3) is 0.316. The molecule has 6 nitrogen and oxygen atoms in total. The van der Waals surface area contributed by atoms with Crippen LogP contribution >= 0.6 is 0 Å². The minimum Gasteiger partial charge on any atom is -0.384 e. The van der Waals surface area contributed by atoms with Crippen LogP contribution in [0.25, 0.3) is 0 Å². The number of piperidine rings is 1. The summed E-state index contributed by atoms with van der Waals surface area (Å²) >= 11 is 0. The average molecular weight is 334 g/mol. The Balaban J connectivity index is 1.53. The van der Waals surface area contributed by atoms with Crippen molar-refractivity contribution in [3.8, 4) is 0 Å². The molecule has 25 heavy (non-hydrogen) atoms. The zero-order valence-electron chi connectivity index (χ0n) is 14.1. The molecule has 1 aromatic carbocycles. The first-order valence-corrected chi connectivity index (χ1v) is 8.68. The van der Waals surface area contributed by atoms with Gasteiger partial charge in [-0.25, -0.2) is 9.97 Å². The van der Waals surface area contributed by atoms with Gasteiger partial charge in [0.1, 0.15) is 18.0 Å². The van der Waals surface area contributed by atoms with Crippen molar-refractivity contribution in [3.05, 3.63) is 65.7 Å². The Bertz CT molecular complexity index is 829. The lowest BCUT2D eigenvalue weighted by atomic mass is 9.91. The third-order valence-electron chi connectivity index (χ3n) is 4.82. The molecule has 0 radical (unpaired) electrons. The van der Waals surface area contributed by atoms with Crippen LogP contribution in [-0.2, 0) is 6.42 Å². The van der Waals surface area contributed by atoms with E-state index in [1.807, 2.05) is 18.3 Å². The highest BCUT2D eigenvalue weighted by atomic mass is 15.2. The number of H-pyrrole nitrogens is 1. The first kappa shape index (κ1) is 15.6. The van der Waals surface area contributed by atoms with Crippen LogP contribution in [0.1, 0.15) is 35.6 Å². The summed E-state index contributed by atoms with van der Waals surface area (Å²) in [5.41, 5.74) is 9.64. The lowest BCUT2D eigenvalue weighted by molar-refractivity contribution is 0.496. The molecule has 1 aliphatic heterocycles. The average Bonchev–Trinajstić information content (AvgIpc) is 3.11. The second-order valence-electron chi connectivity index (χ2n) is 6.56. The van der Waals surface area contributed by atoms with Crippen molar-refractivity contribution < 1.29 is 0 Å². The Labute approximate surface area is 147 Å². The van der Waals surface area contributed by atoms with Gasteiger partial charge in [0.05, 0.1) is 6.20 Å². The lowest BCUT2D eigenvalue weighted by Gasteiger charge is -2.33. The van der Waals surface area contributed by atoms with Crippen molar-refractivity contribution in [3.63, 3.8) is 0 Å². The highest BCUT2D eigenvalue weighted by molar-refractivity contribution is 5.47. The van der Waals surface area contributed by atoms with E-state index in [1.54, 1.807) is 0 Å². The first-order chi connectivity index (χ1) is 12.3. The van der Waals surface area contributed by atoms with Gasteiger partial charge in [0.25, 0.3) is 0 Å². The number of nitrogens with two attached hydrogens (primary N) is 1. The molecule has 128 valence electrons. The lowest BCUT2D eigenvalue weighted by Crippen LogP contribution is -2.35. The highest BCUT2D eigenvalue weighted by Gasteiger charge is 2.25. The number of anilines is 2. The summed E-state index contributed by atoms with van der Waals surface area (Å²) in [6, 6.07) is 12.4. The molecule has 4 rings (SSSR count). The zero-order valence-corrected chi connectivity index (χ0v) is 14.1. The Morgan fingerprint density at radius 3 is 2.92 bits per heavy atom. The normalized spacial score (nSPS) is 17.6. The fourth-order valence-electron chi connectivity index (χ4n) is 3.59. The van der Waals surface area contributed by atoms with E-state index >= 15 is 0 Å². The largest absolute Gasteiger partial charge is 0.384 e. The van der Waals surface area contributed by atoms with Crippen molar-refractivity contribution in [2.24, 2.45) is 0 Å². The number of rotatable bonds is 4. The molecule has 1 fully saturated rings. The molecular weight excluding hydrogens is 312 g/mol. The van der Waals surface area contributed by atoms with Gasteiger partial charge in [-0.3, -0.25) is 5.10 Å². The number of hydrogen-bond acceptors (Lipinski definition) is 5.